The maximum atomic E-state index is 10.8. The Morgan fingerprint density at radius 3 is 2.36 bits per heavy atom. The third-order valence-corrected chi connectivity index (χ3v) is 1.30. The van der Waals surface area contributed by atoms with Gasteiger partial charge in [0.2, 0.25) is 0 Å². The van der Waals surface area contributed by atoms with Crippen LogP contribution in [-0.2, 0) is 9.59 Å². The fraction of sp³-hybridized carbons (Fsp3) is 0.429. The number of carbonyl (C=O) groups is 2. The first kappa shape index (κ1) is 10.2. The van der Waals surface area contributed by atoms with Gasteiger partial charge in [-0.25, -0.2) is 4.79 Å². The van der Waals surface area contributed by atoms with Crippen LogP contribution in [0.25, 0.3) is 0 Å². The molecule has 0 aliphatic carbocycles. The number of ketones is 1. The Morgan fingerprint density at radius 1 is 1.55 bits per heavy atom. The summed E-state index contributed by atoms with van der Waals surface area (Å²) in [5, 5.41) is 8.46. The lowest BCUT2D eigenvalue weighted by Gasteiger charge is -1.95. The number of halogens is 1. The van der Waals surface area contributed by atoms with Crippen molar-refractivity contribution < 1.29 is 14.7 Å². The van der Waals surface area contributed by atoms with E-state index < -0.39 is 11.8 Å². The smallest absolute Gasteiger partial charge is 0.339 e. The second-order valence-electron chi connectivity index (χ2n) is 1.89. The number of Topliss-reactive ketones (excluding diaryl/α,β-unsaturated/α-hetero) is 1. The molecule has 0 aromatic carbocycles. The van der Waals surface area contributed by atoms with Gasteiger partial charge in [-0.1, -0.05) is 13.0 Å². The second-order valence-corrected chi connectivity index (χ2v) is 2.16. The highest BCUT2D eigenvalue weighted by atomic mass is 35.5. The van der Waals surface area contributed by atoms with Crippen LogP contribution >= 0.6 is 11.6 Å². The molecule has 0 radical (unpaired) electrons. The third kappa shape index (κ3) is 3.18. The van der Waals surface area contributed by atoms with Crippen molar-refractivity contribution in [3.63, 3.8) is 0 Å². The van der Waals surface area contributed by atoms with E-state index in [4.69, 9.17) is 16.7 Å². The van der Waals surface area contributed by atoms with Crippen molar-refractivity contribution in [3.05, 3.63) is 11.6 Å². The molecule has 0 aromatic rings. The number of carboxylic acid groups (broad SMARTS) is 1. The largest absolute Gasteiger partial charge is 0.478 e. The van der Waals surface area contributed by atoms with Crippen LogP contribution in [0.2, 0.25) is 0 Å². The predicted molar refractivity (Wildman–Crippen MR) is 41.7 cm³/mol. The summed E-state index contributed by atoms with van der Waals surface area (Å²) in [4.78, 5) is 21.1. The molecule has 0 saturated heterocycles. The first-order chi connectivity index (χ1) is 5.13. The van der Waals surface area contributed by atoms with E-state index in [1.54, 1.807) is 6.92 Å². The standard InChI is InChI=1S/C7H9ClO3/c1-2-3-5(7(10)11)6(9)4-8/h3H,2,4H2,1H3,(H,10,11). The van der Waals surface area contributed by atoms with E-state index in [9.17, 15) is 9.59 Å². The quantitative estimate of drug-likeness (QED) is 0.303. The molecule has 0 atom stereocenters. The summed E-state index contributed by atoms with van der Waals surface area (Å²) in [6.07, 6.45) is 1.87. The van der Waals surface area contributed by atoms with Crippen molar-refractivity contribution >= 4 is 23.4 Å². The summed E-state index contributed by atoms with van der Waals surface area (Å²) in [5.74, 6) is -2.03. The summed E-state index contributed by atoms with van der Waals surface area (Å²) in [5.41, 5.74) is -0.220. The van der Waals surface area contributed by atoms with E-state index >= 15 is 0 Å². The van der Waals surface area contributed by atoms with Crippen LogP contribution in [0.1, 0.15) is 13.3 Å². The topological polar surface area (TPSA) is 54.4 Å². The highest BCUT2D eigenvalue weighted by Crippen LogP contribution is 2.00. The van der Waals surface area contributed by atoms with Gasteiger partial charge < -0.3 is 5.11 Å². The minimum Gasteiger partial charge on any atom is -0.478 e. The van der Waals surface area contributed by atoms with Gasteiger partial charge in [0.1, 0.15) is 0 Å². The Balaban J connectivity index is 4.48. The molecule has 0 aromatic heterocycles. The van der Waals surface area contributed by atoms with Gasteiger partial charge in [0.25, 0.3) is 0 Å². The molecule has 0 aliphatic heterocycles. The Bertz CT molecular complexity index is 196. The molecule has 62 valence electrons. The predicted octanol–water partition coefficient (Wildman–Crippen LogP) is 1.22. The monoisotopic (exact) mass is 176 g/mol. The molecule has 0 unspecified atom stereocenters. The van der Waals surface area contributed by atoms with Crippen molar-refractivity contribution in [1.29, 1.82) is 0 Å². The maximum absolute atomic E-state index is 10.8. The van der Waals surface area contributed by atoms with Crippen LogP contribution in [0.3, 0.4) is 0 Å². The second kappa shape index (κ2) is 4.91. The van der Waals surface area contributed by atoms with Crippen LogP contribution in [0, 0.1) is 0 Å². The third-order valence-electron chi connectivity index (χ3n) is 1.06. The molecular weight excluding hydrogens is 168 g/mol. The summed E-state index contributed by atoms with van der Waals surface area (Å²) in [7, 11) is 0. The zero-order chi connectivity index (χ0) is 8.85. The van der Waals surface area contributed by atoms with Crippen molar-refractivity contribution in [2.45, 2.75) is 13.3 Å². The molecule has 4 heteroatoms. The Labute approximate surface area is 69.7 Å². The van der Waals surface area contributed by atoms with Gasteiger partial charge in [-0.05, 0) is 6.42 Å². The van der Waals surface area contributed by atoms with Crippen LogP contribution in [-0.4, -0.2) is 22.7 Å². The van der Waals surface area contributed by atoms with Crippen LogP contribution in [0.15, 0.2) is 11.6 Å². The van der Waals surface area contributed by atoms with Crippen LogP contribution in [0.4, 0.5) is 0 Å². The van der Waals surface area contributed by atoms with Crippen molar-refractivity contribution in [1.82, 2.24) is 0 Å². The molecule has 0 aliphatic rings. The van der Waals surface area contributed by atoms with E-state index in [-0.39, 0.29) is 11.5 Å². The molecular formula is C7H9ClO3. The summed E-state index contributed by atoms with van der Waals surface area (Å²) >= 11 is 5.17. The summed E-state index contributed by atoms with van der Waals surface area (Å²) < 4.78 is 0. The molecule has 0 saturated carbocycles. The average molecular weight is 177 g/mol. The van der Waals surface area contributed by atoms with Crippen molar-refractivity contribution in [2.75, 3.05) is 5.88 Å². The number of rotatable bonds is 4. The fourth-order valence-corrected chi connectivity index (χ4v) is 0.740. The Hall–Kier alpha value is -0.830. The molecule has 1 N–H and O–H groups in total. The van der Waals surface area contributed by atoms with E-state index in [2.05, 4.69) is 0 Å². The molecule has 3 nitrogen and oxygen atoms in total. The Morgan fingerprint density at radius 2 is 2.09 bits per heavy atom. The lowest BCUT2D eigenvalue weighted by Crippen LogP contribution is -2.13. The van der Waals surface area contributed by atoms with Gasteiger partial charge >= 0.3 is 5.97 Å². The number of carboxylic acids is 1. The molecule has 0 spiro atoms. The van der Waals surface area contributed by atoms with E-state index in [0.29, 0.717) is 6.42 Å². The molecule has 0 fully saturated rings. The first-order valence-electron chi connectivity index (χ1n) is 3.16. The van der Waals surface area contributed by atoms with E-state index in [0.717, 1.165) is 0 Å². The van der Waals surface area contributed by atoms with Gasteiger partial charge in [-0.15, -0.1) is 11.6 Å². The van der Waals surface area contributed by atoms with Gasteiger partial charge in [0, 0.05) is 0 Å². The van der Waals surface area contributed by atoms with Crippen molar-refractivity contribution in [3.8, 4) is 0 Å². The van der Waals surface area contributed by atoms with Crippen molar-refractivity contribution in [2.24, 2.45) is 0 Å². The number of allylic oxidation sites excluding steroid dienone is 1. The minimum absolute atomic E-state index is 0.220. The van der Waals surface area contributed by atoms with Gasteiger partial charge in [-0.2, -0.15) is 0 Å². The number of carbonyl (C=O) groups excluding carboxylic acids is 1. The normalized spacial score (nSPS) is 11.3. The SMILES string of the molecule is CCC=C(C(=O)O)C(=O)CCl. The lowest BCUT2D eigenvalue weighted by atomic mass is 10.1. The fourth-order valence-electron chi connectivity index (χ4n) is 0.597. The molecule has 0 amide bonds. The number of alkyl halides is 1. The number of aliphatic carboxylic acids is 1. The highest BCUT2D eigenvalue weighted by Gasteiger charge is 2.14. The van der Waals surface area contributed by atoms with Gasteiger partial charge in [0.05, 0.1) is 11.5 Å². The average Bonchev–Trinajstić information content (AvgIpc) is 1.98. The minimum atomic E-state index is -1.21. The molecule has 0 heterocycles. The van der Waals surface area contributed by atoms with Crippen LogP contribution in [0.5, 0.6) is 0 Å². The summed E-state index contributed by atoms with van der Waals surface area (Å²) in [6.45, 7) is 1.75. The van der Waals surface area contributed by atoms with E-state index in [1.165, 1.54) is 6.08 Å². The molecule has 0 rings (SSSR count). The highest BCUT2D eigenvalue weighted by molar-refractivity contribution is 6.34. The Kier molecular flexibility index (Phi) is 4.54. The zero-order valence-electron chi connectivity index (χ0n) is 6.13. The first-order valence-corrected chi connectivity index (χ1v) is 3.69. The lowest BCUT2D eigenvalue weighted by molar-refractivity contribution is -0.134. The van der Waals surface area contributed by atoms with Crippen LogP contribution < -0.4 is 0 Å². The molecule has 0 bridgehead atoms. The maximum Gasteiger partial charge on any atom is 0.339 e. The molecule has 11 heavy (non-hydrogen) atoms. The number of hydrogen-bond acceptors (Lipinski definition) is 2. The summed E-state index contributed by atoms with van der Waals surface area (Å²) in [6, 6.07) is 0. The zero-order valence-corrected chi connectivity index (χ0v) is 6.89. The number of hydrogen-bond donors (Lipinski definition) is 1. The van der Waals surface area contributed by atoms with Gasteiger partial charge in [0.15, 0.2) is 5.78 Å². The van der Waals surface area contributed by atoms with Gasteiger partial charge in [-0.3, -0.25) is 4.79 Å². The van der Waals surface area contributed by atoms with E-state index in [1.807, 2.05) is 0 Å².